The van der Waals surface area contributed by atoms with E-state index in [1.54, 1.807) is 6.20 Å². The van der Waals surface area contributed by atoms with E-state index in [0.717, 1.165) is 22.7 Å². The SMILES string of the molecule is CCOc1ccc(-c2nc3ncncc3[nH]2)cc1OCC. The number of fused-ring (bicyclic) bond motifs is 1. The summed E-state index contributed by atoms with van der Waals surface area (Å²) in [6, 6.07) is 5.75. The first-order valence-corrected chi connectivity index (χ1v) is 6.87. The molecule has 1 N–H and O–H groups in total. The van der Waals surface area contributed by atoms with E-state index in [0.29, 0.717) is 24.6 Å². The number of rotatable bonds is 5. The molecule has 0 spiro atoms. The molecule has 21 heavy (non-hydrogen) atoms. The summed E-state index contributed by atoms with van der Waals surface area (Å²) in [7, 11) is 0. The third-order valence-electron chi connectivity index (χ3n) is 2.98. The minimum absolute atomic E-state index is 0.579. The maximum atomic E-state index is 5.63. The zero-order valence-electron chi connectivity index (χ0n) is 12.0. The van der Waals surface area contributed by atoms with Gasteiger partial charge in [-0.1, -0.05) is 0 Å². The van der Waals surface area contributed by atoms with Gasteiger partial charge in [-0.15, -0.1) is 0 Å². The van der Waals surface area contributed by atoms with Crippen molar-refractivity contribution in [2.75, 3.05) is 13.2 Å². The van der Waals surface area contributed by atoms with E-state index in [1.807, 2.05) is 32.0 Å². The van der Waals surface area contributed by atoms with Crippen LogP contribution in [-0.2, 0) is 0 Å². The van der Waals surface area contributed by atoms with E-state index in [9.17, 15) is 0 Å². The molecule has 1 aromatic carbocycles. The molecule has 108 valence electrons. The third kappa shape index (κ3) is 2.65. The largest absolute Gasteiger partial charge is 0.490 e. The van der Waals surface area contributed by atoms with Crippen molar-refractivity contribution in [2.24, 2.45) is 0 Å². The topological polar surface area (TPSA) is 72.9 Å². The number of hydrogen-bond acceptors (Lipinski definition) is 5. The number of hydrogen-bond donors (Lipinski definition) is 1. The van der Waals surface area contributed by atoms with Gasteiger partial charge in [-0.3, -0.25) is 0 Å². The number of aromatic nitrogens is 4. The van der Waals surface area contributed by atoms with Crippen LogP contribution in [0.2, 0.25) is 0 Å². The summed E-state index contributed by atoms with van der Waals surface area (Å²) in [5, 5.41) is 0. The molecule has 6 nitrogen and oxygen atoms in total. The quantitative estimate of drug-likeness (QED) is 0.780. The molecule has 2 aromatic heterocycles. The Labute approximate surface area is 122 Å². The predicted octanol–water partition coefficient (Wildman–Crippen LogP) is 2.82. The molecule has 0 unspecified atom stereocenters. The maximum absolute atomic E-state index is 5.63. The Hall–Kier alpha value is -2.63. The van der Waals surface area contributed by atoms with Gasteiger partial charge in [0.1, 0.15) is 17.7 Å². The molecular formula is C15H16N4O2. The van der Waals surface area contributed by atoms with Gasteiger partial charge in [-0.05, 0) is 32.0 Å². The van der Waals surface area contributed by atoms with E-state index < -0.39 is 0 Å². The lowest BCUT2D eigenvalue weighted by Gasteiger charge is -2.11. The van der Waals surface area contributed by atoms with Crippen molar-refractivity contribution in [3.8, 4) is 22.9 Å². The second kappa shape index (κ2) is 5.78. The number of benzene rings is 1. The average Bonchev–Trinajstić information content (AvgIpc) is 2.93. The Balaban J connectivity index is 2.03. The zero-order chi connectivity index (χ0) is 14.7. The fourth-order valence-electron chi connectivity index (χ4n) is 2.10. The summed E-state index contributed by atoms with van der Waals surface area (Å²) < 4.78 is 11.2. The highest BCUT2D eigenvalue weighted by Gasteiger charge is 2.11. The molecule has 0 aliphatic carbocycles. The van der Waals surface area contributed by atoms with Crippen LogP contribution >= 0.6 is 0 Å². The van der Waals surface area contributed by atoms with Crippen LogP contribution in [0.3, 0.4) is 0 Å². The molecule has 0 bridgehead atoms. The van der Waals surface area contributed by atoms with Crippen molar-refractivity contribution in [1.82, 2.24) is 19.9 Å². The van der Waals surface area contributed by atoms with Crippen LogP contribution in [0.5, 0.6) is 11.5 Å². The standard InChI is InChI=1S/C15H16N4O2/c1-3-20-12-6-5-10(7-13(12)21-4-2)14-18-11-8-16-9-17-15(11)19-14/h5-9H,3-4H2,1-2H3,(H,16,17,18,19). The summed E-state index contributed by atoms with van der Waals surface area (Å²) in [4.78, 5) is 15.8. The van der Waals surface area contributed by atoms with Gasteiger partial charge in [0, 0.05) is 5.56 Å². The lowest BCUT2D eigenvalue weighted by molar-refractivity contribution is 0.288. The van der Waals surface area contributed by atoms with Gasteiger partial charge in [-0.2, -0.15) is 0 Å². The molecule has 0 aliphatic heterocycles. The second-order valence-corrected chi connectivity index (χ2v) is 4.37. The lowest BCUT2D eigenvalue weighted by atomic mass is 10.2. The molecule has 0 saturated heterocycles. The Kier molecular flexibility index (Phi) is 3.68. The van der Waals surface area contributed by atoms with Crippen molar-refractivity contribution in [3.05, 3.63) is 30.7 Å². The summed E-state index contributed by atoms with van der Waals surface area (Å²) in [6.07, 6.45) is 3.19. The zero-order valence-corrected chi connectivity index (χ0v) is 12.0. The monoisotopic (exact) mass is 284 g/mol. The highest BCUT2D eigenvalue weighted by Crippen LogP contribution is 2.32. The molecule has 6 heteroatoms. The Morgan fingerprint density at radius 3 is 2.67 bits per heavy atom. The van der Waals surface area contributed by atoms with Crippen LogP contribution in [-0.4, -0.2) is 33.1 Å². The Morgan fingerprint density at radius 2 is 1.90 bits per heavy atom. The third-order valence-corrected chi connectivity index (χ3v) is 2.98. The molecule has 0 fully saturated rings. The first-order chi connectivity index (χ1) is 10.3. The van der Waals surface area contributed by atoms with E-state index >= 15 is 0 Å². The normalized spacial score (nSPS) is 10.8. The van der Waals surface area contributed by atoms with E-state index in [4.69, 9.17) is 9.47 Å². The highest BCUT2D eigenvalue weighted by atomic mass is 16.5. The van der Waals surface area contributed by atoms with Crippen LogP contribution in [0, 0.1) is 0 Å². The Morgan fingerprint density at radius 1 is 1.10 bits per heavy atom. The van der Waals surface area contributed by atoms with Crippen molar-refractivity contribution in [1.29, 1.82) is 0 Å². The molecular weight excluding hydrogens is 268 g/mol. The van der Waals surface area contributed by atoms with Gasteiger partial charge in [0.05, 0.1) is 19.4 Å². The maximum Gasteiger partial charge on any atom is 0.181 e. The molecule has 2 heterocycles. The minimum Gasteiger partial charge on any atom is -0.490 e. The van der Waals surface area contributed by atoms with Crippen LogP contribution in [0.15, 0.2) is 30.7 Å². The van der Waals surface area contributed by atoms with Gasteiger partial charge in [0.25, 0.3) is 0 Å². The van der Waals surface area contributed by atoms with E-state index in [1.165, 1.54) is 6.33 Å². The number of ether oxygens (including phenoxy) is 2. The second-order valence-electron chi connectivity index (χ2n) is 4.37. The number of nitrogens with zero attached hydrogens (tertiary/aromatic N) is 3. The summed E-state index contributed by atoms with van der Waals surface area (Å²) in [6.45, 7) is 5.06. The van der Waals surface area contributed by atoms with Crippen LogP contribution in [0.25, 0.3) is 22.6 Å². The molecule has 0 atom stereocenters. The predicted molar refractivity (Wildman–Crippen MR) is 79.5 cm³/mol. The fourth-order valence-corrected chi connectivity index (χ4v) is 2.10. The van der Waals surface area contributed by atoms with Gasteiger partial charge < -0.3 is 14.5 Å². The van der Waals surface area contributed by atoms with Crippen LogP contribution in [0.4, 0.5) is 0 Å². The van der Waals surface area contributed by atoms with Gasteiger partial charge >= 0.3 is 0 Å². The molecule has 0 aliphatic rings. The molecule has 0 radical (unpaired) electrons. The molecule has 0 saturated carbocycles. The lowest BCUT2D eigenvalue weighted by Crippen LogP contribution is -1.98. The number of imidazole rings is 1. The summed E-state index contributed by atoms with van der Waals surface area (Å²) in [5.74, 6) is 2.18. The van der Waals surface area contributed by atoms with E-state index in [2.05, 4.69) is 19.9 Å². The number of H-pyrrole nitrogens is 1. The molecule has 0 amide bonds. The molecule has 3 aromatic rings. The summed E-state index contributed by atoms with van der Waals surface area (Å²) >= 11 is 0. The summed E-state index contributed by atoms with van der Waals surface area (Å²) in [5.41, 5.74) is 2.37. The van der Waals surface area contributed by atoms with Gasteiger partial charge in [0.2, 0.25) is 0 Å². The first kappa shape index (κ1) is 13.4. The van der Waals surface area contributed by atoms with Crippen molar-refractivity contribution in [2.45, 2.75) is 13.8 Å². The van der Waals surface area contributed by atoms with Crippen molar-refractivity contribution >= 4 is 11.2 Å². The van der Waals surface area contributed by atoms with Crippen LogP contribution < -0.4 is 9.47 Å². The van der Waals surface area contributed by atoms with E-state index in [-0.39, 0.29) is 0 Å². The average molecular weight is 284 g/mol. The Bertz CT molecular complexity index is 721. The van der Waals surface area contributed by atoms with Crippen molar-refractivity contribution < 1.29 is 9.47 Å². The number of aromatic amines is 1. The fraction of sp³-hybridized carbons (Fsp3) is 0.267. The van der Waals surface area contributed by atoms with Crippen molar-refractivity contribution in [3.63, 3.8) is 0 Å². The first-order valence-electron chi connectivity index (χ1n) is 6.87. The molecule has 3 rings (SSSR count). The number of nitrogens with one attached hydrogen (secondary N) is 1. The smallest absolute Gasteiger partial charge is 0.181 e. The van der Waals surface area contributed by atoms with Gasteiger partial charge in [-0.25, -0.2) is 15.0 Å². The minimum atomic E-state index is 0.579. The van der Waals surface area contributed by atoms with Crippen LogP contribution in [0.1, 0.15) is 13.8 Å². The van der Waals surface area contributed by atoms with Gasteiger partial charge in [0.15, 0.2) is 17.1 Å². The highest BCUT2D eigenvalue weighted by molar-refractivity contribution is 5.75.